The van der Waals surface area contributed by atoms with E-state index in [1.807, 2.05) is 13.8 Å². The van der Waals surface area contributed by atoms with E-state index in [0.717, 1.165) is 0 Å². The Morgan fingerprint density at radius 3 is 2.12 bits per heavy atom. The van der Waals surface area contributed by atoms with Gasteiger partial charge in [-0.3, -0.25) is 9.59 Å². The van der Waals surface area contributed by atoms with Crippen LogP contribution in [0.15, 0.2) is 0 Å². The molecular formula is C12H22N2O3. The number of nitrogens with zero attached hydrogens (tertiary/aromatic N) is 1. The quantitative estimate of drug-likeness (QED) is 0.762. The van der Waals surface area contributed by atoms with Gasteiger partial charge in [-0.25, -0.2) is 0 Å². The lowest BCUT2D eigenvalue weighted by Gasteiger charge is -2.37. The van der Waals surface area contributed by atoms with Crippen molar-refractivity contribution in [1.29, 1.82) is 0 Å². The van der Waals surface area contributed by atoms with Gasteiger partial charge in [0.25, 0.3) is 0 Å². The summed E-state index contributed by atoms with van der Waals surface area (Å²) in [6.07, 6.45) is 0.998. The number of carbonyl (C=O) groups is 2. The van der Waals surface area contributed by atoms with Crippen LogP contribution in [0.2, 0.25) is 0 Å². The van der Waals surface area contributed by atoms with E-state index in [4.69, 9.17) is 10.8 Å². The number of rotatable bonds is 3. The Balaban J connectivity index is 2.58. The highest BCUT2D eigenvalue weighted by molar-refractivity contribution is 5.82. The van der Waals surface area contributed by atoms with Crippen LogP contribution in [0, 0.1) is 11.3 Å². The summed E-state index contributed by atoms with van der Waals surface area (Å²) in [5.74, 6) is -0.736. The lowest BCUT2D eigenvalue weighted by molar-refractivity contribution is -0.153. The highest BCUT2D eigenvalue weighted by Gasteiger charge is 2.38. The number of amides is 1. The normalized spacial score (nSPS) is 21.4. The standard InChI is InChI=1S/C12H22N2O3/c1-8(2)9(13)10(15)14-6-4-12(3,5-7-14)11(16)17/h8-9H,4-7,13H2,1-3H3,(H,16,17). The van der Waals surface area contributed by atoms with Crippen LogP contribution in [0.1, 0.15) is 33.6 Å². The topological polar surface area (TPSA) is 83.6 Å². The Morgan fingerprint density at radius 2 is 1.76 bits per heavy atom. The molecule has 0 bridgehead atoms. The molecule has 1 amide bonds. The van der Waals surface area contributed by atoms with Crippen molar-refractivity contribution in [3.8, 4) is 0 Å². The molecule has 0 aromatic rings. The van der Waals surface area contributed by atoms with E-state index in [9.17, 15) is 9.59 Å². The summed E-state index contributed by atoms with van der Waals surface area (Å²) >= 11 is 0. The highest BCUT2D eigenvalue weighted by Crippen LogP contribution is 2.31. The molecule has 17 heavy (non-hydrogen) atoms. The van der Waals surface area contributed by atoms with Crippen LogP contribution in [0.5, 0.6) is 0 Å². The zero-order chi connectivity index (χ0) is 13.2. The number of carboxylic acid groups (broad SMARTS) is 1. The first-order valence-electron chi connectivity index (χ1n) is 6.06. The van der Waals surface area contributed by atoms with E-state index in [2.05, 4.69) is 0 Å². The molecule has 1 aliphatic heterocycles. The van der Waals surface area contributed by atoms with Crippen molar-refractivity contribution in [2.24, 2.45) is 17.1 Å². The first-order valence-corrected chi connectivity index (χ1v) is 6.06. The molecule has 0 aliphatic carbocycles. The Bertz CT molecular complexity index is 307. The van der Waals surface area contributed by atoms with Gasteiger partial charge in [0.15, 0.2) is 0 Å². The Hall–Kier alpha value is -1.10. The Labute approximate surface area is 102 Å². The number of hydrogen-bond acceptors (Lipinski definition) is 3. The third-order valence-corrected chi connectivity index (χ3v) is 3.70. The lowest BCUT2D eigenvalue weighted by atomic mass is 9.80. The summed E-state index contributed by atoms with van der Waals surface area (Å²) in [5.41, 5.74) is 5.11. The van der Waals surface area contributed by atoms with Crippen LogP contribution in [0.4, 0.5) is 0 Å². The minimum absolute atomic E-state index is 0.0626. The number of nitrogens with two attached hydrogens (primary N) is 1. The van der Waals surface area contributed by atoms with Crippen LogP contribution in [-0.2, 0) is 9.59 Å². The summed E-state index contributed by atoms with van der Waals surface area (Å²) in [6, 6.07) is -0.482. The lowest BCUT2D eigenvalue weighted by Crippen LogP contribution is -2.51. The molecule has 0 radical (unpaired) electrons. The van der Waals surface area contributed by atoms with Gasteiger partial charge in [-0.2, -0.15) is 0 Å². The summed E-state index contributed by atoms with van der Waals surface area (Å²) in [5, 5.41) is 9.09. The zero-order valence-electron chi connectivity index (χ0n) is 10.8. The van der Waals surface area contributed by atoms with E-state index in [1.54, 1.807) is 11.8 Å². The molecule has 3 N–H and O–H groups in total. The van der Waals surface area contributed by atoms with Gasteiger partial charge < -0.3 is 15.7 Å². The second-order valence-corrected chi connectivity index (χ2v) is 5.46. The van der Waals surface area contributed by atoms with Crippen LogP contribution >= 0.6 is 0 Å². The number of carbonyl (C=O) groups excluding carboxylic acids is 1. The SMILES string of the molecule is CC(C)C(N)C(=O)N1CCC(C)(C(=O)O)CC1. The predicted octanol–water partition coefficient (Wildman–Crippen LogP) is 0.683. The van der Waals surface area contributed by atoms with Gasteiger partial charge in [-0.15, -0.1) is 0 Å². The fourth-order valence-electron chi connectivity index (χ4n) is 1.93. The fraction of sp³-hybridized carbons (Fsp3) is 0.833. The molecule has 5 nitrogen and oxygen atoms in total. The Kier molecular flexibility index (Phi) is 4.14. The van der Waals surface area contributed by atoms with Gasteiger partial charge in [0, 0.05) is 13.1 Å². The van der Waals surface area contributed by atoms with Crippen molar-refractivity contribution in [3.05, 3.63) is 0 Å². The minimum Gasteiger partial charge on any atom is -0.481 e. The molecule has 1 rings (SSSR count). The molecule has 0 aromatic heterocycles. The number of likely N-dealkylation sites (tertiary alicyclic amines) is 1. The molecule has 1 heterocycles. The van der Waals surface area contributed by atoms with Crippen molar-refractivity contribution in [1.82, 2.24) is 4.90 Å². The Morgan fingerprint density at radius 1 is 1.29 bits per heavy atom. The maximum Gasteiger partial charge on any atom is 0.309 e. The molecular weight excluding hydrogens is 220 g/mol. The molecule has 0 saturated carbocycles. The molecule has 1 unspecified atom stereocenters. The van der Waals surface area contributed by atoms with Gasteiger partial charge in [0.2, 0.25) is 5.91 Å². The molecule has 1 atom stereocenters. The number of aliphatic carboxylic acids is 1. The number of piperidine rings is 1. The maximum atomic E-state index is 12.0. The van der Waals surface area contributed by atoms with Crippen LogP contribution in [0.3, 0.4) is 0 Å². The van der Waals surface area contributed by atoms with Gasteiger partial charge >= 0.3 is 5.97 Å². The van der Waals surface area contributed by atoms with Crippen LogP contribution in [-0.4, -0.2) is 41.0 Å². The van der Waals surface area contributed by atoms with E-state index < -0.39 is 17.4 Å². The summed E-state index contributed by atoms with van der Waals surface area (Å²) in [4.78, 5) is 24.7. The fourth-order valence-corrected chi connectivity index (χ4v) is 1.93. The van der Waals surface area contributed by atoms with Crippen molar-refractivity contribution < 1.29 is 14.7 Å². The van der Waals surface area contributed by atoms with Crippen LogP contribution in [0.25, 0.3) is 0 Å². The third kappa shape index (κ3) is 2.97. The van der Waals surface area contributed by atoms with E-state index in [1.165, 1.54) is 0 Å². The first kappa shape index (κ1) is 14.0. The van der Waals surface area contributed by atoms with Crippen molar-refractivity contribution in [2.75, 3.05) is 13.1 Å². The largest absolute Gasteiger partial charge is 0.481 e. The van der Waals surface area contributed by atoms with Crippen molar-refractivity contribution >= 4 is 11.9 Å². The van der Waals surface area contributed by atoms with Crippen molar-refractivity contribution in [3.63, 3.8) is 0 Å². The monoisotopic (exact) mass is 242 g/mol. The van der Waals surface area contributed by atoms with Gasteiger partial charge in [-0.05, 0) is 25.7 Å². The number of hydrogen-bond donors (Lipinski definition) is 2. The molecule has 1 fully saturated rings. The van der Waals surface area contributed by atoms with E-state index in [-0.39, 0.29) is 11.8 Å². The molecule has 5 heteroatoms. The number of carboxylic acids is 1. The average Bonchev–Trinajstić information content (AvgIpc) is 2.27. The molecule has 1 saturated heterocycles. The molecule has 98 valence electrons. The zero-order valence-corrected chi connectivity index (χ0v) is 10.8. The highest BCUT2D eigenvalue weighted by atomic mass is 16.4. The van der Waals surface area contributed by atoms with Crippen molar-refractivity contribution in [2.45, 2.75) is 39.7 Å². The second-order valence-electron chi connectivity index (χ2n) is 5.46. The van der Waals surface area contributed by atoms with Crippen LogP contribution < -0.4 is 5.73 Å². The summed E-state index contributed by atoms with van der Waals surface area (Å²) in [7, 11) is 0. The molecule has 1 aliphatic rings. The minimum atomic E-state index is -0.780. The average molecular weight is 242 g/mol. The van der Waals surface area contributed by atoms with Gasteiger partial charge in [0.1, 0.15) is 0 Å². The summed E-state index contributed by atoms with van der Waals surface area (Å²) in [6.45, 7) is 6.53. The maximum absolute atomic E-state index is 12.0. The summed E-state index contributed by atoms with van der Waals surface area (Å²) < 4.78 is 0. The molecule has 0 aromatic carbocycles. The smallest absolute Gasteiger partial charge is 0.309 e. The second kappa shape index (κ2) is 5.04. The predicted molar refractivity (Wildman–Crippen MR) is 64.4 cm³/mol. The molecule has 0 spiro atoms. The van der Waals surface area contributed by atoms with E-state index in [0.29, 0.717) is 25.9 Å². The van der Waals surface area contributed by atoms with E-state index >= 15 is 0 Å². The third-order valence-electron chi connectivity index (χ3n) is 3.70. The first-order chi connectivity index (χ1) is 7.78. The van der Waals surface area contributed by atoms with Gasteiger partial charge in [0.05, 0.1) is 11.5 Å². The van der Waals surface area contributed by atoms with Gasteiger partial charge in [-0.1, -0.05) is 13.8 Å².